The first kappa shape index (κ1) is 19.4. The zero-order valence-electron chi connectivity index (χ0n) is 17.7. The number of fused-ring (bicyclic) bond motifs is 3. The molecule has 0 unspecified atom stereocenters. The molecule has 0 N–H and O–H groups in total. The Morgan fingerprint density at radius 2 is 1.21 bits per heavy atom. The minimum absolute atomic E-state index is 0.677. The predicted octanol–water partition coefficient (Wildman–Crippen LogP) is 8.32. The summed E-state index contributed by atoms with van der Waals surface area (Å²) in [6, 6.07) is 37.5. The number of pyridine rings is 1. The van der Waals surface area contributed by atoms with Crippen molar-refractivity contribution in [3.8, 4) is 39.6 Å². The Morgan fingerprint density at radius 3 is 1.82 bits per heavy atom. The number of thiophene rings is 1. The van der Waals surface area contributed by atoms with E-state index in [4.69, 9.17) is 10.2 Å². The first-order valence-electron chi connectivity index (χ1n) is 10.8. The fourth-order valence-corrected chi connectivity index (χ4v) is 5.70. The molecular formula is C30H18N2S. The molecule has 0 amide bonds. The largest absolute Gasteiger partial charge is 0.256 e. The van der Waals surface area contributed by atoms with Gasteiger partial charge in [-0.05, 0) is 29.3 Å². The SMILES string of the molecule is N#Cc1ccc(-c2cccc3c2sc2c(-c4ccc(-c5ccccc5)nc4)cccc23)cc1. The number of aromatic nitrogens is 1. The first-order valence-corrected chi connectivity index (χ1v) is 11.6. The molecule has 4 aromatic carbocycles. The van der Waals surface area contributed by atoms with Crippen LogP contribution in [0.1, 0.15) is 5.56 Å². The lowest BCUT2D eigenvalue weighted by molar-refractivity contribution is 1.33. The number of nitriles is 1. The van der Waals surface area contributed by atoms with Gasteiger partial charge in [0.25, 0.3) is 0 Å². The van der Waals surface area contributed by atoms with Crippen molar-refractivity contribution in [2.45, 2.75) is 0 Å². The Kier molecular flexibility index (Phi) is 4.72. The topological polar surface area (TPSA) is 36.7 Å². The lowest BCUT2D eigenvalue weighted by atomic mass is 10.00. The molecule has 0 saturated carbocycles. The van der Waals surface area contributed by atoms with Gasteiger partial charge >= 0.3 is 0 Å². The number of benzene rings is 4. The summed E-state index contributed by atoms with van der Waals surface area (Å²) in [4.78, 5) is 4.75. The number of hydrogen-bond donors (Lipinski definition) is 0. The van der Waals surface area contributed by atoms with Crippen LogP contribution in [0.5, 0.6) is 0 Å². The van der Waals surface area contributed by atoms with E-state index >= 15 is 0 Å². The second-order valence-electron chi connectivity index (χ2n) is 7.95. The van der Waals surface area contributed by atoms with Gasteiger partial charge in [0.15, 0.2) is 0 Å². The van der Waals surface area contributed by atoms with Crippen LogP contribution in [0.25, 0.3) is 53.7 Å². The van der Waals surface area contributed by atoms with E-state index in [-0.39, 0.29) is 0 Å². The maximum atomic E-state index is 9.13. The van der Waals surface area contributed by atoms with Crippen LogP contribution in [0.15, 0.2) is 109 Å². The quantitative estimate of drug-likeness (QED) is 0.278. The monoisotopic (exact) mass is 438 g/mol. The summed E-state index contributed by atoms with van der Waals surface area (Å²) in [6.07, 6.45) is 1.98. The molecule has 2 aromatic heterocycles. The number of nitrogens with zero attached hydrogens (tertiary/aromatic N) is 2. The summed E-state index contributed by atoms with van der Waals surface area (Å²) < 4.78 is 2.53. The van der Waals surface area contributed by atoms with E-state index in [1.165, 1.54) is 31.3 Å². The predicted molar refractivity (Wildman–Crippen MR) is 138 cm³/mol. The van der Waals surface area contributed by atoms with Crippen LogP contribution >= 0.6 is 11.3 Å². The van der Waals surface area contributed by atoms with Crippen LogP contribution in [0.3, 0.4) is 0 Å². The maximum Gasteiger partial charge on any atom is 0.0991 e. The second kappa shape index (κ2) is 8.02. The maximum absolute atomic E-state index is 9.13. The molecule has 0 radical (unpaired) electrons. The van der Waals surface area contributed by atoms with Crippen LogP contribution in [-0.4, -0.2) is 4.98 Å². The molecular weight excluding hydrogens is 420 g/mol. The minimum atomic E-state index is 0.677. The van der Waals surface area contributed by atoms with E-state index in [2.05, 4.69) is 66.7 Å². The normalized spacial score (nSPS) is 11.0. The van der Waals surface area contributed by atoms with Crippen LogP contribution in [0, 0.1) is 11.3 Å². The van der Waals surface area contributed by atoms with Crippen molar-refractivity contribution in [2.75, 3.05) is 0 Å². The summed E-state index contributed by atoms with van der Waals surface area (Å²) >= 11 is 1.82. The van der Waals surface area contributed by atoms with E-state index in [0.717, 1.165) is 22.4 Å². The summed E-state index contributed by atoms with van der Waals surface area (Å²) in [6.45, 7) is 0. The van der Waals surface area contributed by atoms with Gasteiger partial charge in [0.2, 0.25) is 0 Å². The molecule has 6 rings (SSSR count). The van der Waals surface area contributed by atoms with Gasteiger partial charge in [-0.2, -0.15) is 5.26 Å². The first-order chi connectivity index (χ1) is 16.3. The third-order valence-electron chi connectivity index (χ3n) is 5.99. The Balaban J connectivity index is 1.49. The summed E-state index contributed by atoms with van der Waals surface area (Å²) in [7, 11) is 0. The van der Waals surface area contributed by atoms with Gasteiger partial charge in [-0.1, -0.05) is 84.9 Å². The van der Waals surface area contributed by atoms with Crippen molar-refractivity contribution >= 4 is 31.5 Å². The molecule has 3 heteroatoms. The van der Waals surface area contributed by atoms with Crippen molar-refractivity contribution in [1.29, 1.82) is 5.26 Å². The standard InChI is InChI=1S/C30H18N2S/c31-18-20-12-14-21(15-13-20)24-8-4-10-26-27-11-5-9-25(30(27)33-29(24)26)23-16-17-28(32-19-23)22-6-2-1-3-7-22/h1-17,19H. The fraction of sp³-hybridized carbons (Fsp3) is 0. The molecule has 154 valence electrons. The minimum Gasteiger partial charge on any atom is -0.256 e. The molecule has 6 aromatic rings. The fourth-order valence-electron chi connectivity index (χ4n) is 4.33. The lowest BCUT2D eigenvalue weighted by Crippen LogP contribution is -1.85. The van der Waals surface area contributed by atoms with Gasteiger partial charge in [-0.3, -0.25) is 4.98 Å². The van der Waals surface area contributed by atoms with Crippen LogP contribution < -0.4 is 0 Å². The third kappa shape index (κ3) is 3.38. The second-order valence-corrected chi connectivity index (χ2v) is 8.97. The van der Waals surface area contributed by atoms with E-state index in [1.54, 1.807) is 0 Å². The Morgan fingerprint density at radius 1 is 0.576 bits per heavy atom. The van der Waals surface area contributed by atoms with Gasteiger partial charge < -0.3 is 0 Å². The van der Waals surface area contributed by atoms with Gasteiger partial charge in [-0.15, -0.1) is 11.3 Å². The van der Waals surface area contributed by atoms with Crippen molar-refractivity contribution in [3.63, 3.8) is 0 Å². The Hall–Kier alpha value is -4.26. The molecule has 33 heavy (non-hydrogen) atoms. The van der Waals surface area contributed by atoms with E-state index in [1.807, 2.05) is 60.0 Å². The zero-order valence-corrected chi connectivity index (χ0v) is 18.5. The number of hydrogen-bond acceptors (Lipinski definition) is 3. The zero-order chi connectivity index (χ0) is 22.2. The highest BCUT2D eigenvalue weighted by Gasteiger charge is 2.14. The lowest BCUT2D eigenvalue weighted by Gasteiger charge is -2.05. The van der Waals surface area contributed by atoms with Crippen LogP contribution in [-0.2, 0) is 0 Å². The number of rotatable bonds is 3. The third-order valence-corrected chi connectivity index (χ3v) is 7.28. The van der Waals surface area contributed by atoms with Crippen molar-refractivity contribution < 1.29 is 0 Å². The average molecular weight is 439 g/mol. The van der Waals surface area contributed by atoms with Crippen molar-refractivity contribution in [1.82, 2.24) is 4.98 Å². The van der Waals surface area contributed by atoms with E-state index in [9.17, 15) is 0 Å². The smallest absolute Gasteiger partial charge is 0.0991 e. The molecule has 0 fully saturated rings. The highest BCUT2D eigenvalue weighted by molar-refractivity contribution is 7.26. The van der Waals surface area contributed by atoms with Gasteiger partial charge in [0.1, 0.15) is 0 Å². The molecule has 0 bridgehead atoms. The summed E-state index contributed by atoms with van der Waals surface area (Å²) in [5.74, 6) is 0. The highest BCUT2D eigenvalue weighted by atomic mass is 32.1. The molecule has 0 aliphatic carbocycles. The average Bonchev–Trinajstić information content (AvgIpc) is 3.28. The molecule has 0 aliphatic rings. The molecule has 2 nitrogen and oxygen atoms in total. The molecule has 0 aliphatic heterocycles. The molecule has 0 saturated heterocycles. The Labute approximate surface area is 196 Å². The summed E-state index contributed by atoms with van der Waals surface area (Å²) in [5, 5.41) is 11.7. The van der Waals surface area contributed by atoms with Crippen LogP contribution in [0.4, 0.5) is 0 Å². The van der Waals surface area contributed by atoms with Gasteiger partial charge in [0.05, 0.1) is 17.3 Å². The van der Waals surface area contributed by atoms with E-state index in [0.29, 0.717) is 5.56 Å². The van der Waals surface area contributed by atoms with Crippen LogP contribution in [0.2, 0.25) is 0 Å². The summed E-state index contributed by atoms with van der Waals surface area (Å²) in [5.41, 5.74) is 7.42. The van der Waals surface area contributed by atoms with Gasteiger partial charge in [0, 0.05) is 43.1 Å². The van der Waals surface area contributed by atoms with Crippen molar-refractivity contribution in [2.24, 2.45) is 0 Å². The molecule has 0 spiro atoms. The highest BCUT2D eigenvalue weighted by Crippen LogP contribution is 2.43. The van der Waals surface area contributed by atoms with Crippen molar-refractivity contribution in [3.05, 3.63) is 115 Å². The van der Waals surface area contributed by atoms with E-state index < -0.39 is 0 Å². The molecule has 2 heterocycles. The van der Waals surface area contributed by atoms with Gasteiger partial charge in [-0.25, -0.2) is 0 Å². The Bertz CT molecular complexity index is 1640. The molecule has 0 atom stereocenters.